The van der Waals surface area contributed by atoms with Crippen LogP contribution in [-0.2, 0) is 4.74 Å². The van der Waals surface area contributed by atoms with E-state index in [1.165, 1.54) is 0 Å². The van der Waals surface area contributed by atoms with Gasteiger partial charge < -0.3 is 25.2 Å². The van der Waals surface area contributed by atoms with Crippen LogP contribution in [-0.4, -0.2) is 56.9 Å². The summed E-state index contributed by atoms with van der Waals surface area (Å²) in [5, 5.41) is 36.2. The van der Waals surface area contributed by atoms with Crippen molar-refractivity contribution in [3.8, 4) is 0 Å². The average Bonchev–Trinajstić information content (AvgIpc) is 2.08. The van der Waals surface area contributed by atoms with Gasteiger partial charge in [-0.05, 0) is 0 Å². The number of ether oxygens (including phenoxy) is 1. The van der Waals surface area contributed by atoms with Gasteiger partial charge in [0, 0.05) is 0 Å². The van der Waals surface area contributed by atoms with E-state index in [-0.39, 0.29) is 0 Å². The van der Waals surface area contributed by atoms with E-state index in [0.717, 1.165) is 0 Å². The van der Waals surface area contributed by atoms with Crippen molar-refractivity contribution >= 4 is 12.6 Å². The fourth-order valence-electron chi connectivity index (χ4n) is 1.08. The van der Waals surface area contributed by atoms with Gasteiger partial charge in [0.1, 0.15) is 29.9 Å². The Labute approximate surface area is 75.0 Å². The lowest BCUT2D eigenvalue weighted by Crippen LogP contribution is -2.56. The summed E-state index contributed by atoms with van der Waals surface area (Å²) in [6, 6.07) is 0. The second kappa shape index (κ2) is 3.91. The van der Waals surface area contributed by atoms with E-state index in [9.17, 15) is 10.2 Å². The lowest BCUT2D eigenvalue weighted by atomic mass is 10.0. The van der Waals surface area contributed by atoms with Crippen molar-refractivity contribution in [1.29, 1.82) is 0 Å². The van der Waals surface area contributed by atoms with Crippen LogP contribution in [0.5, 0.6) is 0 Å². The Morgan fingerprint density at radius 1 is 1.08 bits per heavy atom. The maximum Gasteiger partial charge on any atom is 0.129 e. The van der Waals surface area contributed by atoms with Gasteiger partial charge in [0.05, 0.1) is 6.61 Å². The van der Waals surface area contributed by atoms with Crippen LogP contribution in [0.4, 0.5) is 0 Å². The van der Waals surface area contributed by atoms with Crippen LogP contribution in [0.2, 0.25) is 0 Å². The largest absolute Gasteiger partial charge is 0.394 e. The molecule has 0 aromatic rings. The third-order valence-corrected chi connectivity index (χ3v) is 2.29. The predicted molar refractivity (Wildman–Crippen MR) is 42.8 cm³/mol. The van der Waals surface area contributed by atoms with Gasteiger partial charge in [0.15, 0.2) is 0 Å². The first-order valence-corrected chi connectivity index (χ1v) is 4.08. The van der Waals surface area contributed by atoms with Gasteiger partial charge >= 0.3 is 0 Å². The summed E-state index contributed by atoms with van der Waals surface area (Å²) in [6.07, 6.45) is -4.70. The van der Waals surface area contributed by atoms with Gasteiger partial charge in [-0.25, -0.2) is 0 Å². The molecule has 0 spiro atoms. The quantitative estimate of drug-likeness (QED) is 0.305. The van der Waals surface area contributed by atoms with Crippen molar-refractivity contribution in [3.05, 3.63) is 0 Å². The normalized spacial score (nSPS) is 49.2. The fraction of sp³-hybridized carbons (Fsp3) is 1.00. The summed E-state index contributed by atoms with van der Waals surface area (Å²) >= 11 is 3.81. The maximum absolute atomic E-state index is 9.20. The second-order valence-corrected chi connectivity index (χ2v) is 3.23. The molecule has 0 radical (unpaired) electrons. The van der Waals surface area contributed by atoms with Crippen LogP contribution < -0.4 is 0 Å². The van der Waals surface area contributed by atoms with Crippen LogP contribution in [0.3, 0.4) is 0 Å². The van der Waals surface area contributed by atoms with Crippen molar-refractivity contribution < 1.29 is 25.2 Å². The molecule has 5 atom stereocenters. The monoisotopic (exact) mass is 196 g/mol. The molecule has 12 heavy (non-hydrogen) atoms. The number of thiol groups is 1. The molecule has 0 amide bonds. The van der Waals surface area contributed by atoms with Gasteiger partial charge in [0.2, 0.25) is 0 Å². The van der Waals surface area contributed by atoms with Crippen molar-refractivity contribution in [2.45, 2.75) is 29.9 Å². The van der Waals surface area contributed by atoms with Gasteiger partial charge in [-0.1, -0.05) is 0 Å². The predicted octanol–water partition coefficient (Wildman–Crippen LogP) is -2.28. The van der Waals surface area contributed by atoms with Crippen molar-refractivity contribution in [1.82, 2.24) is 0 Å². The van der Waals surface area contributed by atoms with Gasteiger partial charge in [-0.2, -0.15) is 0 Å². The van der Waals surface area contributed by atoms with Crippen molar-refractivity contribution in [2.75, 3.05) is 6.61 Å². The highest BCUT2D eigenvalue weighted by Crippen LogP contribution is 2.22. The molecule has 1 fully saturated rings. The zero-order valence-corrected chi connectivity index (χ0v) is 7.13. The van der Waals surface area contributed by atoms with E-state index >= 15 is 0 Å². The van der Waals surface area contributed by atoms with Crippen LogP contribution in [0.15, 0.2) is 0 Å². The molecule has 1 heterocycles. The van der Waals surface area contributed by atoms with Crippen molar-refractivity contribution in [2.24, 2.45) is 0 Å². The maximum atomic E-state index is 9.20. The van der Waals surface area contributed by atoms with Gasteiger partial charge in [0.25, 0.3) is 0 Å². The molecule has 6 heteroatoms. The lowest BCUT2D eigenvalue weighted by Gasteiger charge is -2.37. The SMILES string of the molecule is OCC1O[C@@H](S)C(O)[C@H](O)[C@H]1O. The van der Waals surface area contributed by atoms with E-state index in [1.54, 1.807) is 0 Å². The third kappa shape index (κ3) is 1.73. The summed E-state index contributed by atoms with van der Waals surface area (Å²) in [6.45, 7) is -0.415. The highest BCUT2D eigenvalue weighted by Gasteiger charge is 2.41. The Bertz CT molecular complexity index is 150. The summed E-state index contributed by atoms with van der Waals surface area (Å²) in [4.78, 5) is 0. The molecule has 0 bridgehead atoms. The molecular weight excluding hydrogens is 184 g/mol. The summed E-state index contributed by atoms with van der Waals surface area (Å²) in [5.41, 5.74) is -0.874. The third-order valence-electron chi connectivity index (χ3n) is 1.87. The highest BCUT2D eigenvalue weighted by atomic mass is 32.1. The average molecular weight is 196 g/mol. The Kier molecular flexibility index (Phi) is 3.33. The van der Waals surface area contributed by atoms with Crippen LogP contribution in [0, 0.1) is 0 Å². The first-order valence-electron chi connectivity index (χ1n) is 3.56. The van der Waals surface area contributed by atoms with Crippen molar-refractivity contribution in [3.63, 3.8) is 0 Å². The highest BCUT2D eigenvalue weighted by molar-refractivity contribution is 7.80. The first-order chi connectivity index (χ1) is 5.57. The summed E-state index contributed by atoms with van der Waals surface area (Å²) < 4.78 is 4.88. The van der Waals surface area contributed by atoms with E-state index in [4.69, 9.17) is 14.9 Å². The minimum Gasteiger partial charge on any atom is -0.394 e. The molecule has 2 unspecified atom stereocenters. The Morgan fingerprint density at radius 2 is 1.67 bits per heavy atom. The topological polar surface area (TPSA) is 90.2 Å². The molecule has 0 aromatic heterocycles. The van der Waals surface area contributed by atoms with Crippen LogP contribution in [0.25, 0.3) is 0 Å². The Hall–Kier alpha value is 0.150. The lowest BCUT2D eigenvalue weighted by molar-refractivity contribution is -0.205. The second-order valence-electron chi connectivity index (χ2n) is 2.72. The smallest absolute Gasteiger partial charge is 0.129 e. The van der Waals surface area contributed by atoms with Crippen LogP contribution in [0.1, 0.15) is 0 Å². The Morgan fingerprint density at radius 3 is 2.17 bits per heavy atom. The number of aliphatic hydroxyl groups is 4. The molecule has 1 aliphatic heterocycles. The van der Waals surface area contributed by atoms with E-state index < -0.39 is 36.5 Å². The molecule has 72 valence electrons. The number of aliphatic hydroxyl groups excluding tert-OH is 4. The van der Waals surface area contributed by atoms with Gasteiger partial charge in [-0.15, -0.1) is 12.6 Å². The molecule has 5 nitrogen and oxygen atoms in total. The van der Waals surface area contributed by atoms with E-state index in [0.29, 0.717) is 0 Å². The standard InChI is InChI=1S/C6H12O5S/c7-1-2-3(8)4(9)5(10)6(12)11-2/h2-10,12H,1H2/t2?,3-,4+,5?,6-/m0/s1. The molecule has 1 saturated heterocycles. The molecule has 1 rings (SSSR count). The zero-order chi connectivity index (χ0) is 9.30. The number of hydrogen-bond donors (Lipinski definition) is 5. The minimum absolute atomic E-state index is 0.415. The molecular formula is C6H12O5S. The number of rotatable bonds is 1. The van der Waals surface area contributed by atoms with E-state index in [1.807, 2.05) is 0 Å². The summed E-state index contributed by atoms with van der Waals surface area (Å²) in [7, 11) is 0. The minimum atomic E-state index is -1.32. The Balaban J connectivity index is 2.63. The van der Waals surface area contributed by atoms with E-state index in [2.05, 4.69) is 12.6 Å². The first kappa shape index (κ1) is 10.2. The molecule has 0 saturated carbocycles. The summed E-state index contributed by atoms with van der Waals surface area (Å²) in [5.74, 6) is 0. The zero-order valence-electron chi connectivity index (χ0n) is 6.24. The van der Waals surface area contributed by atoms with Crippen LogP contribution >= 0.6 is 12.6 Å². The van der Waals surface area contributed by atoms with Gasteiger partial charge in [-0.3, -0.25) is 0 Å². The molecule has 1 aliphatic rings. The fourth-order valence-corrected chi connectivity index (χ4v) is 1.41. The molecule has 0 aliphatic carbocycles. The number of hydrogen-bond acceptors (Lipinski definition) is 6. The molecule has 4 N–H and O–H groups in total. The molecule has 0 aromatic carbocycles.